The van der Waals surface area contributed by atoms with Crippen LogP contribution in [0.25, 0.3) is 0 Å². The Labute approximate surface area is 163 Å². The van der Waals surface area contributed by atoms with Crippen LogP contribution in [0.15, 0.2) is 36.4 Å². The molecule has 1 aliphatic rings. The number of aliphatic hydroxyl groups is 1. The van der Waals surface area contributed by atoms with E-state index in [4.69, 9.17) is 11.6 Å². The molecule has 0 bridgehead atoms. The van der Waals surface area contributed by atoms with Gasteiger partial charge in [0.05, 0.1) is 11.5 Å². The predicted octanol–water partition coefficient (Wildman–Crippen LogP) is 5.41. The number of anilines is 1. The van der Waals surface area contributed by atoms with Crippen LogP contribution in [0, 0.1) is 0 Å². The fourth-order valence-corrected chi connectivity index (χ4v) is 4.07. The summed E-state index contributed by atoms with van der Waals surface area (Å²) >= 11 is 6.54. The molecule has 1 heterocycles. The number of aliphatic hydroxyl groups excluding tert-OH is 1. The lowest BCUT2D eigenvalue weighted by molar-refractivity contribution is -0.107. The molecule has 3 unspecified atom stereocenters. The van der Waals surface area contributed by atoms with E-state index in [1.165, 1.54) is 5.69 Å². The molecular formula is C22H32ClNO2. The van der Waals surface area contributed by atoms with E-state index in [0.29, 0.717) is 12.5 Å². The first kappa shape index (κ1) is 21.0. The van der Waals surface area contributed by atoms with Crippen LogP contribution >= 0.6 is 11.6 Å². The third-order valence-corrected chi connectivity index (χ3v) is 5.74. The number of alkyl halides is 1. The van der Waals surface area contributed by atoms with Gasteiger partial charge in [-0.15, -0.1) is 18.2 Å². The van der Waals surface area contributed by atoms with Crippen molar-refractivity contribution in [2.24, 2.45) is 0 Å². The highest BCUT2D eigenvalue weighted by atomic mass is 35.5. The quantitative estimate of drug-likeness (QED) is 0.242. The van der Waals surface area contributed by atoms with Gasteiger partial charge in [0.25, 0.3) is 0 Å². The summed E-state index contributed by atoms with van der Waals surface area (Å²) in [5.41, 5.74) is 3.31. The maximum atomic E-state index is 10.5. The van der Waals surface area contributed by atoms with Crippen LogP contribution in [0.5, 0.6) is 0 Å². The number of hydrogen-bond donors (Lipinski definition) is 1. The topological polar surface area (TPSA) is 40.5 Å². The smallest absolute Gasteiger partial charge is 0.119 e. The molecular weight excluding hydrogens is 346 g/mol. The lowest BCUT2D eigenvalue weighted by atomic mass is 10.0. The van der Waals surface area contributed by atoms with Crippen molar-refractivity contribution in [1.29, 1.82) is 0 Å². The van der Waals surface area contributed by atoms with Crippen molar-refractivity contribution < 1.29 is 9.90 Å². The van der Waals surface area contributed by atoms with E-state index in [1.54, 1.807) is 0 Å². The van der Waals surface area contributed by atoms with Crippen molar-refractivity contribution in [2.75, 3.05) is 11.4 Å². The van der Waals surface area contributed by atoms with Crippen LogP contribution in [0.3, 0.4) is 0 Å². The van der Waals surface area contributed by atoms with Crippen molar-refractivity contribution in [3.05, 3.63) is 42.0 Å². The van der Waals surface area contributed by atoms with Crippen LogP contribution in [0.2, 0.25) is 0 Å². The van der Waals surface area contributed by atoms with Gasteiger partial charge in [-0.1, -0.05) is 24.1 Å². The minimum atomic E-state index is -0.415. The van der Waals surface area contributed by atoms with E-state index in [-0.39, 0.29) is 5.38 Å². The number of carbonyl (C=O) groups is 1. The number of hydrogen-bond acceptors (Lipinski definition) is 3. The van der Waals surface area contributed by atoms with Crippen LogP contribution < -0.4 is 4.90 Å². The maximum Gasteiger partial charge on any atom is 0.119 e. The molecule has 0 aromatic heterocycles. The zero-order valence-corrected chi connectivity index (χ0v) is 16.6. The summed E-state index contributed by atoms with van der Waals surface area (Å²) in [6.07, 6.45) is 7.88. The minimum Gasteiger partial charge on any atom is -0.388 e. The SMILES string of the molecule is C=C(C)CCCC(O)c1ccc(N2CCC(Cl)C2CCCCC=O)cc1. The van der Waals surface area contributed by atoms with E-state index in [0.717, 1.165) is 68.9 Å². The van der Waals surface area contributed by atoms with Crippen molar-refractivity contribution in [3.63, 3.8) is 0 Å². The van der Waals surface area contributed by atoms with Gasteiger partial charge in [-0.3, -0.25) is 0 Å². The first-order chi connectivity index (χ1) is 12.5. The normalized spacial score (nSPS) is 21.0. The molecule has 0 aliphatic carbocycles. The molecule has 1 aliphatic heterocycles. The molecule has 1 aromatic carbocycles. The maximum absolute atomic E-state index is 10.5. The third-order valence-electron chi connectivity index (χ3n) is 5.23. The summed E-state index contributed by atoms with van der Waals surface area (Å²) < 4.78 is 0. The van der Waals surface area contributed by atoms with E-state index in [2.05, 4.69) is 23.6 Å². The Kier molecular flexibility index (Phi) is 8.67. The average molecular weight is 378 g/mol. The molecule has 3 atom stereocenters. The van der Waals surface area contributed by atoms with E-state index < -0.39 is 6.10 Å². The molecule has 1 fully saturated rings. The molecule has 3 nitrogen and oxygen atoms in total. The number of aldehydes is 1. The van der Waals surface area contributed by atoms with Gasteiger partial charge in [-0.25, -0.2) is 0 Å². The summed E-state index contributed by atoms with van der Waals surface area (Å²) in [6, 6.07) is 8.60. The first-order valence-corrected chi connectivity index (χ1v) is 10.2. The monoisotopic (exact) mass is 377 g/mol. The van der Waals surface area contributed by atoms with Crippen LogP contribution in [0.1, 0.15) is 70.0 Å². The van der Waals surface area contributed by atoms with E-state index >= 15 is 0 Å². The highest BCUT2D eigenvalue weighted by molar-refractivity contribution is 6.21. The van der Waals surface area contributed by atoms with E-state index in [9.17, 15) is 9.90 Å². The summed E-state index contributed by atoms with van der Waals surface area (Å²) in [7, 11) is 0. The van der Waals surface area contributed by atoms with Crippen LogP contribution in [-0.4, -0.2) is 29.4 Å². The number of rotatable bonds is 11. The fraction of sp³-hybridized carbons (Fsp3) is 0.591. The predicted molar refractivity (Wildman–Crippen MR) is 110 cm³/mol. The van der Waals surface area contributed by atoms with Crippen LogP contribution in [0.4, 0.5) is 5.69 Å². The Bertz CT molecular complexity index is 572. The van der Waals surface area contributed by atoms with Crippen molar-refractivity contribution in [2.45, 2.75) is 75.8 Å². The molecule has 144 valence electrons. The molecule has 1 N–H and O–H groups in total. The fourth-order valence-electron chi connectivity index (χ4n) is 3.71. The van der Waals surface area contributed by atoms with Gasteiger partial charge in [-0.2, -0.15) is 0 Å². The van der Waals surface area contributed by atoms with Crippen LogP contribution in [-0.2, 0) is 4.79 Å². The van der Waals surface area contributed by atoms with Gasteiger partial charge in [0.2, 0.25) is 0 Å². The summed E-state index contributed by atoms with van der Waals surface area (Å²) in [6.45, 7) is 6.90. The molecule has 0 saturated carbocycles. The second-order valence-electron chi connectivity index (χ2n) is 7.47. The number of allylic oxidation sites excluding steroid dienone is 1. The Morgan fingerprint density at radius 2 is 2.08 bits per heavy atom. The molecule has 4 heteroatoms. The average Bonchev–Trinajstić information content (AvgIpc) is 2.99. The number of halogens is 1. The summed E-state index contributed by atoms with van der Waals surface area (Å²) in [5, 5.41) is 10.5. The first-order valence-electron chi connectivity index (χ1n) is 9.79. The Morgan fingerprint density at radius 1 is 1.35 bits per heavy atom. The lowest BCUT2D eigenvalue weighted by Gasteiger charge is -2.28. The summed E-state index contributed by atoms with van der Waals surface area (Å²) in [4.78, 5) is 12.9. The Morgan fingerprint density at radius 3 is 2.73 bits per heavy atom. The molecule has 1 aromatic rings. The standard InChI is InChI=1S/C22H32ClNO2/c1-17(2)7-6-9-22(26)18-10-12-19(13-11-18)24-15-14-20(23)21(24)8-4-3-5-16-25/h10-13,16,20-22,26H,1,3-9,14-15H2,2H3. The highest BCUT2D eigenvalue weighted by Gasteiger charge is 2.32. The molecule has 0 amide bonds. The number of carbonyl (C=O) groups excluding carboxylic acids is 1. The number of unbranched alkanes of at least 4 members (excludes halogenated alkanes) is 2. The largest absolute Gasteiger partial charge is 0.388 e. The van der Waals surface area contributed by atoms with E-state index in [1.807, 2.05) is 19.1 Å². The van der Waals surface area contributed by atoms with Gasteiger partial charge < -0.3 is 14.8 Å². The Balaban J connectivity index is 1.93. The minimum absolute atomic E-state index is 0.165. The number of nitrogens with zero attached hydrogens (tertiary/aromatic N) is 1. The van der Waals surface area contributed by atoms with Gasteiger partial charge in [0.15, 0.2) is 0 Å². The lowest BCUT2D eigenvalue weighted by Crippen LogP contribution is -2.33. The highest BCUT2D eigenvalue weighted by Crippen LogP contribution is 2.33. The van der Waals surface area contributed by atoms with Gasteiger partial charge in [0.1, 0.15) is 6.29 Å². The number of benzene rings is 1. The molecule has 2 rings (SSSR count). The third kappa shape index (κ3) is 6.14. The zero-order chi connectivity index (χ0) is 18.9. The summed E-state index contributed by atoms with van der Waals surface area (Å²) in [5.74, 6) is 0. The second kappa shape index (κ2) is 10.7. The van der Waals surface area contributed by atoms with Crippen molar-refractivity contribution in [1.82, 2.24) is 0 Å². The zero-order valence-electron chi connectivity index (χ0n) is 15.9. The molecule has 0 spiro atoms. The molecule has 1 saturated heterocycles. The Hall–Kier alpha value is -1.32. The van der Waals surface area contributed by atoms with Crippen molar-refractivity contribution in [3.8, 4) is 0 Å². The second-order valence-corrected chi connectivity index (χ2v) is 8.03. The van der Waals surface area contributed by atoms with Gasteiger partial charge in [0, 0.05) is 24.7 Å². The molecule has 0 radical (unpaired) electrons. The van der Waals surface area contributed by atoms with Gasteiger partial charge in [-0.05, 0) is 63.1 Å². The van der Waals surface area contributed by atoms with Gasteiger partial charge >= 0.3 is 0 Å². The molecule has 26 heavy (non-hydrogen) atoms. The van der Waals surface area contributed by atoms with Crippen molar-refractivity contribution >= 4 is 23.6 Å².